The second-order valence-electron chi connectivity index (χ2n) is 4.88. The van der Waals surface area contributed by atoms with Crippen LogP contribution in [0.3, 0.4) is 0 Å². The van der Waals surface area contributed by atoms with Gasteiger partial charge in [-0.05, 0) is 24.8 Å². The molecule has 0 aliphatic carbocycles. The van der Waals surface area contributed by atoms with Gasteiger partial charge in [-0.2, -0.15) is 0 Å². The third kappa shape index (κ3) is 4.33. The third-order valence-corrected chi connectivity index (χ3v) is 3.39. The van der Waals surface area contributed by atoms with Gasteiger partial charge in [0.05, 0.1) is 18.6 Å². The van der Waals surface area contributed by atoms with E-state index in [0.29, 0.717) is 12.8 Å². The molecule has 1 aliphatic rings. The first-order chi connectivity index (χ1) is 9.29. The number of nitrogens with one attached hydrogen (secondary N) is 1. The SMILES string of the molecule is O=C(CC1CCCO1)NC(CCO)c1ccccc1. The minimum Gasteiger partial charge on any atom is -0.396 e. The molecule has 0 radical (unpaired) electrons. The lowest BCUT2D eigenvalue weighted by Gasteiger charge is -2.19. The van der Waals surface area contributed by atoms with E-state index in [-0.39, 0.29) is 24.7 Å². The van der Waals surface area contributed by atoms with E-state index in [1.807, 2.05) is 30.3 Å². The average molecular weight is 263 g/mol. The highest BCUT2D eigenvalue weighted by atomic mass is 16.5. The zero-order valence-corrected chi connectivity index (χ0v) is 11.0. The maximum Gasteiger partial charge on any atom is 0.223 e. The topological polar surface area (TPSA) is 58.6 Å². The van der Waals surface area contributed by atoms with Crippen molar-refractivity contribution in [1.82, 2.24) is 5.32 Å². The molecule has 104 valence electrons. The quantitative estimate of drug-likeness (QED) is 0.822. The number of hydrogen-bond acceptors (Lipinski definition) is 3. The summed E-state index contributed by atoms with van der Waals surface area (Å²) in [6.07, 6.45) is 3.00. The van der Waals surface area contributed by atoms with Crippen LogP contribution in [-0.2, 0) is 9.53 Å². The molecule has 19 heavy (non-hydrogen) atoms. The fraction of sp³-hybridized carbons (Fsp3) is 0.533. The highest BCUT2D eigenvalue weighted by molar-refractivity contribution is 5.77. The Kier molecular flexibility index (Phi) is 5.36. The second kappa shape index (κ2) is 7.26. The predicted octanol–water partition coefficient (Wildman–Crippen LogP) is 1.80. The molecule has 0 spiro atoms. The van der Waals surface area contributed by atoms with Crippen LogP contribution in [0.5, 0.6) is 0 Å². The van der Waals surface area contributed by atoms with Crippen LogP contribution in [0.2, 0.25) is 0 Å². The molecule has 1 heterocycles. The Morgan fingerprint density at radius 2 is 2.21 bits per heavy atom. The van der Waals surface area contributed by atoms with Crippen LogP contribution < -0.4 is 5.32 Å². The molecule has 4 heteroatoms. The Balaban J connectivity index is 1.90. The smallest absolute Gasteiger partial charge is 0.223 e. The van der Waals surface area contributed by atoms with Crippen molar-refractivity contribution in [3.8, 4) is 0 Å². The first-order valence-corrected chi connectivity index (χ1v) is 6.86. The molecule has 0 bridgehead atoms. The second-order valence-corrected chi connectivity index (χ2v) is 4.88. The van der Waals surface area contributed by atoms with Gasteiger partial charge in [-0.1, -0.05) is 30.3 Å². The van der Waals surface area contributed by atoms with Crippen molar-refractivity contribution in [2.75, 3.05) is 13.2 Å². The monoisotopic (exact) mass is 263 g/mol. The van der Waals surface area contributed by atoms with Crippen LogP contribution in [0.15, 0.2) is 30.3 Å². The lowest BCUT2D eigenvalue weighted by Crippen LogP contribution is -2.31. The van der Waals surface area contributed by atoms with E-state index in [2.05, 4.69) is 5.32 Å². The molecule has 0 aromatic heterocycles. The van der Waals surface area contributed by atoms with Crippen molar-refractivity contribution < 1.29 is 14.6 Å². The van der Waals surface area contributed by atoms with Gasteiger partial charge in [-0.3, -0.25) is 4.79 Å². The molecule has 1 aromatic carbocycles. The molecule has 2 N–H and O–H groups in total. The van der Waals surface area contributed by atoms with Gasteiger partial charge in [-0.15, -0.1) is 0 Å². The maximum absolute atomic E-state index is 12.0. The van der Waals surface area contributed by atoms with Gasteiger partial charge in [0.25, 0.3) is 0 Å². The van der Waals surface area contributed by atoms with Crippen molar-refractivity contribution in [3.05, 3.63) is 35.9 Å². The van der Waals surface area contributed by atoms with Crippen molar-refractivity contribution in [2.24, 2.45) is 0 Å². The maximum atomic E-state index is 12.0. The molecule has 2 rings (SSSR count). The van der Waals surface area contributed by atoms with E-state index in [0.717, 1.165) is 25.0 Å². The van der Waals surface area contributed by atoms with Gasteiger partial charge in [0.2, 0.25) is 5.91 Å². The summed E-state index contributed by atoms with van der Waals surface area (Å²) in [5.41, 5.74) is 1.03. The Hall–Kier alpha value is -1.39. The van der Waals surface area contributed by atoms with Crippen LogP contribution >= 0.6 is 0 Å². The summed E-state index contributed by atoms with van der Waals surface area (Å²) < 4.78 is 5.46. The van der Waals surface area contributed by atoms with Crippen LogP contribution in [0.4, 0.5) is 0 Å². The number of hydrogen-bond donors (Lipinski definition) is 2. The molecule has 1 aliphatic heterocycles. The van der Waals surface area contributed by atoms with Gasteiger partial charge < -0.3 is 15.2 Å². The zero-order valence-electron chi connectivity index (χ0n) is 11.0. The zero-order chi connectivity index (χ0) is 13.5. The molecule has 0 saturated carbocycles. The Morgan fingerprint density at radius 1 is 1.42 bits per heavy atom. The number of benzene rings is 1. The predicted molar refractivity (Wildman–Crippen MR) is 72.6 cm³/mol. The van der Waals surface area contributed by atoms with Gasteiger partial charge in [0.15, 0.2) is 0 Å². The summed E-state index contributed by atoms with van der Waals surface area (Å²) in [5, 5.41) is 12.1. The van der Waals surface area contributed by atoms with Crippen molar-refractivity contribution in [1.29, 1.82) is 0 Å². The number of amides is 1. The average Bonchev–Trinajstić information content (AvgIpc) is 2.92. The van der Waals surface area contributed by atoms with Crippen LogP contribution in [0, 0.1) is 0 Å². The lowest BCUT2D eigenvalue weighted by molar-refractivity contribution is -0.124. The van der Waals surface area contributed by atoms with Crippen LogP contribution in [0.1, 0.15) is 37.3 Å². The highest BCUT2D eigenvalue weighted by Crippen LogP contribution is 2.18. The van der Waals surface area contributed by atoms with E-state index in [9.17, 15) is 4.79 Å². The van der Waals surface area contributed by atoms with Crippen LogP contribution in [-0.4, -0.2) is 30.3 Å². The van der Waals surface area contributed by atoms with Gasteiger partial charge in [0.1, 0.15) is 0 Å². The normalized spacial score (nSPS) is 20.2. The number of ether oxygens (including phenoxy) is 1. The van der Waals surface area contributed by atoms with E-state index in [1.54, 1.807) is 0 Å². The van der Waals surface area contributed by atoms with Gasteiger partial charge in [0, 0.05) is 13.2 Å². The molecule has 1 amide bonds. The minimum absolute atomic E-state index is 0.00537. The summed E-state index contributed by atoms with van der Waals surface area (Å²) in [7, 11) is 0. The summed E-state index contributed by atoms with van der Waals surface area (Å²) in [4.78, 5) is 12.0. The fourth-order valence-corrected chi connectivity index (χ4v) is 2.40. The molecule has 4 nitrogen and oxygen atoms in total. The first kappa shape index (κ1) is 14.0. The summed E-state index contributed by atoms with van der Waals surface area (Å²) in [6, 6.07) is 9.62. The third-order valence-electron chi connectivity index (χ3n) is 3.39. The van der Waals surface area contributed by atoms with Crippen molar-refractivity contribution in [3.63, 3.8) is 0 Å². The van der Waals surface area contributed by atoms with E-state index in [4.69, 9.17) is 9.84 Å². The number of aliphatic hydroxyl groups is 1. The lowest BCUT2D eigenvalue weighted by atomic mass is 10.0. The highest BCUT2D eigenvalue weighted by Gasteiger charge is 2.21. The number of carbonyl (C=O) groups excluding carboxylic acids is 1. The number of rotatable bonds is 6. The minimum atomic E-state index is -0.125. The van der Waals surface area contributed by atoms with Gasteiger partial charge >= 0.3 is 0 Å². The summed E-state index contributed by atoms with van der Waals surface area (Å²) >= 11 is 0. The largest absolute Gasteiger partial charge is 0.396 e. The first-order valence-electron chi connectivity index (χ1n) is 6.86. The fourth-order valence-electron chi connectivity index (χ4n) is 2.40. The summed E-state index contributed by atoms with van der Waals surface area (Å²) in [6.45, 7) is 0.816. The van der Waals surface area contributed by atoms with E-state index in [1.165, 1.54) is 0 Å². The van der Waals surface area contributed by atoms with Crippen LogP contribution in [0.25, 0.3) is 0 Å². The molecular weight excluding hydrogens is 242 g/mol. The Morgan fingerprint density at radius 3 is 2.84 bits per heavy atom. The van der Waals surface area contributed by atoms with Gasteiger partial charge in [-0.25, -0.2) is 0 Å². The molecule has 2 unspecified atom stereocenters. The molecule has 1 fully saturated rings. The molecule has 2 atom stereocenters. The molecular formula is C15H21NO3. The number of carbonyl (C=O) groups is 1. The van der Waals surface area contributed by atoms with E-state index >= 15 is 0 Å². The Labute approximate surface area is 113 Å². The number of aliphatic hydroxyl groups excluding tert-OH is 1. The standard InChI is InChI=1S/C15H21NO3/c17-9-8-14(12-5-2-1-3-6-12)16-15(18)11-13-7-4-10-19-13/h1-3,5-6,13-14,17H,4,7-11H2,(H,16,18). The van der Waals surface area contributed by atoms with E-state index < -0.39 is 0 Å². The summed E-state index contributed by atoms with van der Waals surface area (Å²) in [5.74, 6) is -0.00537. The Bertz CT molecular complexity index is 388. The van der Waals surface area contributed by atoms with Crippen molar-refractivity contribution in [2.45, 2.75) is 37.8 Å². The molecule has 1 saturated heterocycles. The van der Waals surface area contributed by atoms with Crippen molar-refractivity contribution >= 4 is 5.91 Å². The molecule has 1 aromatic rings.